The van der Waals surface area contributed by atoms with Crippen molar-refractivity contribution in [1.82, 2.24) is 15.1 Å². The van der Waals surface area contributed by atoms with Gasteiger partial charge in [0.2, 0.25) is 0 Å². The van der Waals surface area contributed by atoms with Crippen LogP contribution in [0, 0.1) is 20.8 Å². The van der Waals surface area contributed by atoms with Gasteiger partial charge in [0.05, 0.1) is 30.5 Å². The van der Waals surface area contributed by atoms with Gasteiger partial charge in [0.1, 0.15) is 5.75 Å². The van der Waals surface area contributed by atoms with Crippen LogP contribution < -0.4 is 10.1 Å². The third kappa shape index (κ3) is 4.86. The molecule has 3 aromatic rings. The van der Waals surface area contributed by atoms with Crippen LogP contribution in [-0.4, -0.2) is 22.3 Å². The average Bonchev–Trinajstić information content (AvgIpc) is 2.97. The van der Waals surface area contributed by atoms with Crippen molar-refractivity contribution >= 4 is 5.91 Å². The van der Waals surface area contributed by atoms with Crippen molar-refractivity contribution in [2.75, 3.05) is 6.61 Å². The van der Waals surface area contributed by atoms with E-state index in [0.29, 0.717) is 18.7 Å². The minimum Gasteiger partial charge on any atom is -0.494 e. The number of amides is 1. The first-order valence-electron chi connectivity index (χ1n) is 10.0. The molecule has 0 aliphatic heterocycles. The zero-order valence-electron chi connectivity index (χ0n) is 17.8. The molecule has 0 aliphatic rings. The summed E-state index contributed by atoms with van der Waals surface area (Å²) in [5.74, 6) is 0.732. The number of benzene rings is 2. The highest BCUT2D eigenvalue weighted by Gasteiger charge is 2.20. The maximum absolute atomic E-state index is 13.0. The van der Waals surface area contributed by atoms with Gasteiger partial charge >= 0.3 is 0 Å². The summed E-state index contributed by atoms with van der Waals surface area (Å²) in [5, 5.41) is 7.70. The highest BCUT2D eigenvalue weighted by atomic mass is 16.5. The van der Waals surface area contributed by atoms with Crippen LogP contribution in [0.25, 0.3) is 0 Å². The number of hydrogen-bond donors (Lipinski definition) is 1. The van der Waals surface area contributed by atoms with Gasteiger partial charge in [-0.1, -0.05) is 42.0 Å². The SMILES string of the molecule is CCOc1ccc(C(C)NC(=O)c2c(C)nn(Cc3ccc(C)cc3)c2C)cc1. The molecule has 3 rings (SSSR count). The van der Waals surface area contributed by atoms with E-state index >= 15 is 0 Å². The molecule has 0 spiro atoms. The van der Waals surface area contributed by atoms with Crippen molar-refractivity contribution in [1.29, 1.82) is 0 Å². The Kier molecular flexibility index (Phi) is 6.37. The summed E-state index contributed by atoms with van der Waals surface area (Å²) in [7, 11) is 0. The molecule has 1 atom stereocenters. The molecule has 1 N–H and O–H groups in total. The highest BCUT2D eigenvalue weighted by Crippen LogP contribution is 2.20. The van der Waals surface area contributed by atoms with Gasteiger partial charge in [0, 0.05) is 5.69 Å². The Hall–Kier alpha value is -3.08. The van der Waals surface area contributed by atoms with E-state index in [1.165, 1.54) is 5.56 Å². The van der Waals surface area contributed by atoms with E-state index in [-0.39, 0.29) is 11.9 Å². The van der Waals surface area contributed by atoms with E-state index in [0.717, 1.165) is 28.3 Å². The van der Waals surface area contributed by atoms with Crippen molar-refractivity contribution in [2.24, 2.45) is 0 Å². The van der Waals surface area contributed by atoms with E-state index in [4.69, 9.17) is 4.74 Å². The second-order valence-electron chi connectivity index (χ2n) is 7.39. The zero-order valence-corrected chi connectivity index (χ0v) is 17.8. The van der Waals surface area contributed by atoms with Crippen LogP contribution in [0.2, 0.25) is 0 Å². The third-order valence-corrected chi connectivity index (χ3v) is 5.10. The standard InChI is InChI=1S/C24H29N3O2/c1-6-29-22-13-11-21(12-14-22)17(3)25-24(28)23-18(4)26-27(19(23)5)15-20-9-7-16(2)8-10-20/h7-14,17H,6,15H2,1-5H3,(H,25,28). The summed E-state index contributed by atoms with van der Waals surface area (Å²) >= 11 is 0. The fourth-order valence-corrected chi connectivity index (χ4v) is 3.42. The van der Waals surface area contributed by atoms with E-state index < -0.39 is 0 Å². The number of carbonyl (C=O) groups is 1. The number of ether oxygens (including phenoxy) is 1. The van der Waals surface area contributed by atoms with Gasteiger partial charge in [-0.3, -0.25) is 9.48 Å². The molecule has 1 aromatic heterocycles. The smallest absolute Gasteiger partial charge is 0.255 e. The molecule has 0 fully saturated rings. The van der Waals surface area contributed by atoms with Gasteiger partial charge in [-0.05, 0) is 57.9 Å². The van der Waals surface area contributed by atoms with Crippen LogP contribution in [0.3, 0.4) is 0 Å². The van der Waals surface area contributed by atoms with Crippen molar-refractivity contribution in [3.8, 4) is 5.75 Å². The van der Waals surface area contributed by atoms with Crippen molar-refractivity contribution < 1.29 is 9.53 Å². The first-order valence-corrected chi connectivity index (χ1v) is 10.0. The van der Waals surface area contributed by atoms with E-state index in [9.17, 15) is 4.79 Å². The normalized spacial score (nSPS) is 11.9. The van der Waals surface area contributed by atoms with E-state index in [2.05, 4.69) is 41.6 Å². The summed E-state index contributed by atoms with van der Waals surface area (Å²) in [6.45, 7) is 11.1. The Labute approximate surface area is 172 Å². The van der Waals surface area contributed by atoms with Crippen molar-refractivity contribution in [3.63, 3.8) is 0 Å². The summed E-state index contributed by atoms with van der Waals surface area (Å²) in [6.07, 6.45) is 0. The monoisotopic (exact) mass is 391 g/mol. The topological polar surface area (TPSA) is 56.1 Å². The molecule has 0 saturated heterocycles. The Morgan fingerprint density at radius 1 is 1.07 bits per heavy atom. The Morgan fingerprint density at radius 2 is 1.72 bits per heavy atom. The van der Waals surface area contributed by atoms with Crippen LogP contribution >= 0.6 is 0 Å². The predicted molar refractivity (Wildman–Crippen MR) is 115 cm³/mol. The minimum absolute atomic E-state index is 0.100. The molecule has 5 heteroatoms. The summed E-state index contributed by atoms with van der Waals surface area (Å²) < 4.78 is 7.38. The fourth-order valence-electron chi connectivity index (χ4n) is 3.42. The summed E-state index contributed by atoms with van der Waals surface area (Å²) in [4.78, 5) is 13.0. The molecule has 0 aliphatic carbocycles. The lowest BCUT2D eigenvalue weighted by Gasteiger charge is -2.15. The average molecular weight is 392 g/mol. The highest BCUT2D eigenvalue weighted by molar-refractivity contribution is 5.96. The first kappa shape index (κ1) is 20.6. The molecule has 2 aromatic carbocycles. The molecular weight excluding hydrogens is 362 g/mol. The second kappa shape index (κ2) is 8.95. The number of rotatable bonds is 7. The van der Waals surface area contributed by atoms with Gasteiger partial charge in [-0.2, -0.15) is 5.10 Å². The molecule has 5 nitrogen and oxygen atoms in total. The summed E-state index contributed by atoms with van der Waals surface area (Å²) in [5.41, 5.74) is 5.69. The Bertz CT molecular complexity index is 973. The number of aromatic nitrogens is 2. The van der Waals surface area contributed by atoms with Crippen molar-refractivity contribution in [2.45, 2.75) is 47.2 Å². The predicted octanol–water partition coefficient (Wildman–Crippen LogP) is 4.75. The maximum Gasteiger partial charge on any atom is 0.255 e. The Morgan fingerprint density at radius 3 is 2.34 bits per heavy atom. The van der Waals surface area contributed by atoms with Gasteiger partial charge in [0.25, 0.3) is 5.91 Å². The maximum atomic E-state index is 13.0. The number of nitrogens with zero attached hydrogens (tertiary/aromatic N) is 2. The first-order chi connectivity index (χ1) is 13.9. The molecule has 1 unspecified atom stereocenters. The number of hydrogen-bond acceptors (Lipinski definition) is 3. The van der Waals surface area contributed by atoms with E-state index in [1.54, 1.807) is 0 Å². The molecule has 0 bridgehead atoms. The molecule has 1 heterocycles. The fraction of sp³-hybridized carbons (Fsp3) is 0.333. The van der Waals surface area contributed by atoms with Gasteiger partial charge in [-0.25, -0.2) is 0 Å². The number of nitrogens with one attached hydrogen (secondary N) is 1. The van der Waals surface area contributed by atoms with Gasteiger partial charge in [-0.15, -0.1) is 0 Å². The minimum atomic E-state index is -0.113. The van der Waals surface area contributed by atoms with E-state index in [1.807, 2.05) is 56.6 Å². The zero-order chi connectivity index (χ0) is 21.0. The van der Waals surface area contributed by atoms with Crippen LogP contribution in [0.4, 0.5) is 0 Å². The quantitative estimate of drug-likeness (QED) is 0.632. The van der Waals surface area contributed by atoms with Crippen LogP contribution in [0.1, 0.15) is 58.3 Å². The molecule has 1 amide bonds. The number of aryl methyl sites for hydroxylation is 2. The van der Waals surface area contributed by atoms with Gasteiger partial charge < -0.3 is 10.1 Å². The van der Waals surface area contributed by atoms with Crippen LogP contribution in [0.5, 0.6) is 5.75 Å². The number of carbonyl (C=O) groups excluding carboxylic acids is 1. The van der Waals surface area contributed by atoms with Crippen LogP contribution in [-0.2, 0) is 6.54 Å². The summed E-state index contributed by atoms with van der Waals surface area (Å²) in [6, 6.07) is 16.1. The third-order valence-electron chi connectivity index (χ3n) is 5.10. The molecule has 29 heavy (non-hydrogen) atoms. The van der Waals surface area contributed by atoms with Gasteiger partial charge in [0.15, 0.2) is 0 Å². The second-order valence-corrected chi connectivity index (χ2v) is 7.39. The van der Waals surface area contributed by atoms with Crippen molar-refractivity contribution in [3.05, 3.63) is 82.2 Å². The lowest BCUT2D eigenvalue weighted by molar-refractivity contribution is 0.0938. The molecule has 152 valence electrons. The molecular formula is C24H29N3O2. The molecule has 0 radical (unpaired) electrons. The largest absolute Gasteiger partial charge is 0.494 e. The van der Waals surface area contributed by atoms with Crippen LogP contribution in [0.15, 0.2) is 48.5 Å². The Balaban J connectivity index is 1.73. The molecule has 0 saturated carbocycles. The lowest BCUT2D eigenvalue weighted by Crippen LogP contribution is -2.27. The lowest BCUT2D eigenvalue weighted by atomic mass is 10.1.